The topological polar surface area (TPSA) is 49.4 Å². The zero-order valence-corrected chi connectivity index (χ0v) is 8.50. The molecule has 0 aliphatic carbocycles. The molecule has 13 heavy (non-hydrogen) atoms. The molecule has 76 valence electrons. The van der Waals surface area contributed by atoms with Crippen molar-refractivity contribution in [3.05, 3.63) is 12.2 Å². The van der Waals surface area contributed by atoms with Gasteiger partial charge in [-0.2, -0.15) is 0 Å². The number of carbonyl (C=O) groups is 2. The molecule has 0 spiro atoms. The van der Waals surface area contributed by atoms with Gasteiger partial charge in [0.2, 0.25) is 11.8 Å². The molecule has 0 atom stereocenters. The van der Waals surface area contributed by atoms with Gasteiger partial charge in [0.15, 0.2) is 0 Å². The highest BCUT2D eigenvalue weighted by atomic mass is 16.2. The Balaban J connectivity index is 0. The number of nitrogens with one attached hydrogen (secondary N) is 1. The minimum Gasteiger partial charge on any atom is -0.350 e. The van der Waals surface area contributed by atoms with E-state index in [-0.39, 0.29) is 19.3 Å². The molecular weight excluding hydrogens is 168 g/mol. The van der Waals surface area contributed by atoms with Crippen LogP contribution in [-0.2, 0) is 9.59 Å². The van der Waals surface area contributed by atoms with Crippen molar-refractivity contribution in [3.8, 4) is 0 Å². The molecule has 0 bridgehead atoms. The van der Waals surface area contributed by atoms with Crippen molar-refractivity contribution in [1.82, 2.24) is 10.2 Å². The van der Waals surface area contributed by atoms with Crippen LogP contribution in [0.15, 0.2) is 12.2 Å². The third-order valence-electron chi connectivity index (χ3n) is 1.25. The van der Waals surface area contributed by atoms with Crippen molar-refractivity contribution >= 4 is 11.8 Å². The fraction of sp³-hybridized carbons (Fsp3) is 0.556. The van der Waals surface area contributed by atoms with Crippen LogP contribution < -0.4 is 5.32 Å². The van der Waals surface area contributed by atoms with Crippen molar-refractivity contribution < 1.29 is 11.0 Å². The van der Waals surface area contributed by atoms with Gasteiger partial charge in [-0.15, -0.1) is 0 Å². The summed E-state index contributed by atoms with van der Waals surface area (Å²) in [5, 5.41) is 2.64. The van der Waals surface area contributed by atoms with Crippen molar-refractivity contribution in [2.24, 2.45) is 0 Å². The molecule has 0 rings (SSSR count). The van der Waals surface area contributed by atoms with Crippen molar-refractivity contribution in [3.63, 3.8) is 0 Å². The quantitative estimate of drug-likeness (QED) is 0.649. The Labute approximate surface area is 80.1 Å². The maximum absolute atomic E-state index is 11.0. The minimum absolute atomic E-state index is 0. The molecule has 4 heteroatoms. The second-order valence-electron chi connectivity index (χ2n) is 3.23. The van der Waals surface area contributed by atoms with Crippen LogP contribution in [0.3, 0.4) is 0 Å². The lowest BCUT2D eigenvalue weighted by Crippen LogP contribution is -2.29. The molecule has 0 unspecified atom stereocenters. The van der Waals surface area contributed by atoms with E-state index in [0.717, 1.165) is 0 Å². The van der Waals surface area contributed by atoms with Crippen LogP contribution >= 0.6 is 0 Å². The Morgan fingerprint density at radius 2 is 1.85 bits per heavy atom. The van der Waals surface area contributed by atoms with E-state index in [9.17, 15) is 9.59 Å². The molecule has 0 aromatic heterocycles. The van der Waals surface area contributed by atoms with E-state index < -0.39 is 0 Å². The fourth-order valence-corrected chi connectivity index (χ4v) is 0.629. The Morgan fingerprint density at radius 1 is 1.31 bits per heavy atom. The first-order chi connectivity index (χ1) is 5.93. The first-order valence-electron chi connectivity index (χ1n) is 4.13. The normalized spacial score (nSPS) is 10.5. The number of hydrogen-bond acceptors (Lipinski definition) is 2. The maximum Gasteiger partial charge on any atom is 0.246 e. The van der Waals surface area contributed by atoms with Gasteiger partial charge in [-0.05, 0) is 13.8 Å². The highest BCUT2D eigenvalue weighted by Crippen LogP contribution is 1.83. The van der Waals surface area contributed by atoms with Crippen molar-refractivity contribution in [1.29, 1.82) is 0 Å². The largest absolute Gasteiger partial charge is 0.350 e. The highest BCUT2D eigenvalue weighted by Gasteiger charge is 2.00. The number of hydrogen-bond donors (Lipinski definition) is 1. The van der Waals surface area contributed by atoms with E-state index in [4.69, 9.17) is 0 Å². The zero-order chi connectivity index (χ0) is 10.4. The molecule has 0 radical (unpaired) electrons. The summed E-state index contributed by atoms with van der Waals surface area (Å²) in [6.07, 6.45) is 2.49. The number of nitrogens with zero attached hydrogens (tertiary/aromatic N) is 1. The molecule has 0 saturated heterocycles. The summed E-state index contributed by atoms with van der Waals surface area (Å²) in [7, 11) is 3.26. The molecule has 2 amide bonds. The molecule has 0 aromatic carbocycles. The summed E-state index contributed by atoms with van der Waals surface area (Å²) in [5.41, 5.74) is 0. The smallest absolute Gasteiger partial charge is 0.246 e. The summed E-state index contributed by atoms with van der Waals surface area (Å²) < 4.78 is 0. The Hall–Kier alpha value is -1.32. The second kappa shape index (κ2) is 5.35. The van der Waals surface area contributed by atoms with Gasteiger partial charge >= 0.3 is 0 Å². The fourth-order valence-electron chi connectivity index (χ4n) is 0.629. The first-order valence-corrected chi connectivity index (χ1v) is 4.13. The van der Waals surface area contributed by atoms with E-state index in [2.05, 4.69) is 5.32 Å². The SMILES string of the molecule is CC(C)NC(=O)/C=C/C(=O)N(C)C.[HH]. The van der Waals surface area contributed by atoms with Gasteiger partial charge < -0.3 is 10.2 Å². The zero-order valence-electron chi connectivity index (χ0n) is 8.50. The molecular formula is C9H18N2O2. The second-order valence-corrected chi connectivity index (χ2v) is 3.23. The lowest BCUT2D eigenvalue weighted by molar-refractivity contribution is -0.124. The summed E-state index contributed by atoms with van der Waals surface area (Å²) in [4.78, 5) is 23.4. The third kappa shape index (κ3) is 5.90. The van der Waals surface area contributed by atoms with Crippen LogP contribution in [0.1, 0.15) is 15.3 Å². The lowest BCUT2D eigenvalue weighted by Gasteiger charge is -2.06. The lowest BCUT2D eigenvalue weighted by atomic mass is 10.3. The monoisotopic (exact) mass is 186 g/mol. The van der Waals surface area contributed by atoms with E-state index in [1.54, 1.807) is 14.1 Å². The Kier molecular flexibility index (Phi) is 4.80. The standard InChI is InChI=1S/C9H16N2O2.H2/c1-7(2)10-8(12)5-6-9(13)11(3)4;/h5-7H,1-4H3,(H,10,12);1H/b6-5+;. The van der Waals surface area contributed by atoms with Crippen molar-refractivity contribution in [2.75, 3.05) is 14.1 Å². The van der Waals surface area contributed by atoms with Crippen LogP contribution in [-0.4, -0.2) is 36.9 Å². The number of rotatable bonds is 3. The Morgan fingerprint density at radius 3 is 2.23 bits per heavy atom. The predicted molar refractivity (Wildman–Crippen MR) is 53.2 cm³/mol. The van der Waals surface area contributed by atoms with Crippen LogP contribution in [0.4, 0.5) is 0 Å². The highest BCUT2D eigenvalue weighted by molar-refractivity contribution is 5.96. The van der Waals surface area contributed by atoms with Crippen LogP contribution in [0.5, 0.6) is 0 Å². The van der Waals surface area contributed by atoms with Gasteiger partial charge in [0.1, 0.15) is 0 Å². The third-order valence-corrected chi connectivity index (χ3v) is 1.25. The molecule has 0 aliphatic heterocycles. The minimum atomic E-state index is -0.245. The summed E-state index contributed by atoms with van der Waals surface area (Å²) >= 11 is 0. The Bertz CT molecular complexity index is 225. The first kappa shape index (κ1) is 11.7. The van der Waals surface area contributed by atoms with Gasteiger partial charge in [-0.1, -0.05) is 0 Å². The van der Waals surface area contributed by atoms with Gasteiger partial charge in [0, 0.05) is 33.7 Å². The molecule has 0 fully saturated rings. The summed E-state index contributed by atoms with van der Waals surface area (Å²) in [5.74, 6) is -0.441. The number of likely N-dealkylation sites (N-methyl/N-ethyl adjacent to an activating group) is 1. The van der Waals surface area contributed by atoms with Crippen molar-refractivity contribution in [2.45, 2.75) is 19.9 Å². The average Bonchev–Trinajstić information content (AvgIpc) is 1.98. The van der Waals surface area contributed by atoms with E-state index in [0.29, 0.717) is 0 Å². The van der Waals surface area contributed by atoms with Gasteiger partial charge in [0.25, 0.3) is 0 Å². The molecule has 1 N–H and O–H groups in total. The van der Waals surface area contributed by atoms with Crippen LogP contribution in [0, 0.1) is 0 Å². The molecule has 0 aromatic rings. The predicted octanol–water partition coefficient (Wildman–Crippen LogP) is 0.401. The maximum atomic E-state index is 11.0. The molecule has 4 nitrogen and oxygen atoms in total. The van der Waals surface area contributed by atoms with E-state index in [1.807, 2.05) is 13.8 Å². The van der Waals surface area contributed by atoms with Crippen LogP contribution in [0.2, 0.25) is 0 Å². The van der Waals surface area contributed by atoms with Gasteiger partial charge in [-0.3, -0.25) is 9.59 Å². The number of carbonyl (C=O) groups excluding carboxylic acids is 2. The van der Waals surface area contributed by atoms with Gasteiger partial charge in [-0.25, -0.2) is 0 Å². The van der Waals surface area contributed by atoms with E-state index in [1.165, 1.54) is 17.1 Å². The molecule has 0 heterocycles. The molecule has 0 saturated carbocycles. The summed E-state index contributed by atoms with van der Waals surface area (Å²) in [6, 6.07) is 0.0895. The van der Waals surface area contributed by atoms with E-state index >= 15 is 0 Å². The van der Waals surface area contributed by atoms with Crippen LogP contribution in [0.25, 0.3) is 0 Å². The number of amides is 2. The van der Waals surface area contributed by atoms with Gasteiger partial charge in [0.05, 0.1) is 0 Å². The average molecular weight is 186 g/mol. The summed E-state index contributed by atoms with van der Waals surface area (Å²) in [6.45, 7) is 3.72. The molecule has 0 aliphatic rings.